The average Bonchev–Trinajstić information content (AvgIpc) is 2.48. The monoisotopic (exact) mass is 287 g/mol. The normalized spacial score (nSPS) is 33.2. The molecule has 1 heterocycles. The number of rotatable bonds is 3. The van der Waals surface area contributed by atoms with E-state index in [1.54, 1.807) is 12.4 Å². The molecule has 4 heteroatoms. The van der Waals surface area contributed by atoms with E-state index in [-0.39, 0.29) is 11.8 Å². The number of aromatic nitrogens is 1. The second-order valence-corrected chi connectivity index (χ2v) is 6.72. The number of amides is 1. The third-order valence-electron chi connectivity index (χ3n) is 5.26. The molecule has 1 aromatic rings. The first-order chi connectivity index (χ1) is 10.1. The molecule has 1 amide bonds. The molecule has 2 aliphatic carbocycles. The molecule has 114 valence electrons. The fraction of sp³-hybridized carbons (Fsp3) is 0.647. The van der Waals surface area contributed by atoms with Gasteiger partial charge in [-0.2, -0.15) is 0 Å². The molecule has 3 unspecified atom stereocenters. The highest BCUT2D eigenvalue weighted by Gasteiger charge is 2.40. The Kier molecular flexibility index (Phi) is 4.24. The molecule has 0 saturated heterocycles. The van der Waals surface area contributed by atoms with E-state index in [0.717, 1.165) is 18.4 Å². The van der Waals surface area contributed by atoms with Crippen molar-refractivity contribution >= 4 is 5.91 Å². The van der Waals surface area contributed by atoms with Crippen LogP contribution in [0.15, 0.2) is 24.5 Å². The highest BCUT2D eigenvalue weighted by atomic mass is 16.1. The summed E-state index contributed by atoms with van der Waals surface area (Å²) in [5.41, 5.74) is 7.13. The van der Waals surface area contributed by atoms with Crippen molar-refractivity contribution in [1.82, 2.24) is 10.3 Å². The lowest BCUT2D eigenvalue weighted by molar-refractivity contribution is -0.124. The number of fused-ring (bicyclic) bond motifs is 2. The average molecular weight is 287 g/mol. The molecule has 0 aliphatic heterocycles. The largest absolute Gasteiger partial charge is 0.352 e. The van der Waals surface area contributed by atoms with Gasteiger partial charge in [0.25, 0.3) is 0 Å². The maximum atomic E-state index is 12.6. The van der Waals surface area contributed by atoms with Gasteiger partial charge in [0.05, 0.1) is 5.92 Å². The van der Waals surface area contributed by atoms with Crippen LogP contribution >= 0.6 is 0 Å². The zero-order chi connectivity index (χ0) is 14.8. The van der Waals surface area contributed by atoms with Gasteiger partial charge in [0.1, 0.15) is 0 Å². The van der Waals surface area contributed by atoms with Gasteiger partial charge in [-0.25, -0.2) is 0 Å². The molecular weight excluding hydrogens is 262 g/mol. The van der Waals surface area contributed by atoms with E-state index in [1.807, 2.05) is 19.1 Å². The summed E-state index contributed by atoms with van der Waals surface area (Å²) in [6.45, 7) is 1.96. The van der Waals surface area contributed by atoms with Crippen LogP contribution in [0.2, 0.25) is 0 Å². The minimum atomic E-state index is -0.143. The van der Waals surface area contributed by atoms with Crippen LogP contribution < -0.4 is 11.1 Å². The van der Waals surface area contributed by atoms with Gasteiger partial charge in [0.2, 0.25) is 5.91 Å². The summed E-state index contributed by atoms with van der Waals surface area (Å²) in [5.74, 6) is 1.12. The number of pyridine rings is 1. The predicted octanol–water partition coefficient (Wildman–Crippen LogP) is 2.21. The third kappa shape index (κ3) is 3.10. The number of nitrogens with one attached hydrogen (secondary N) is 1. The molecule has 21 heavy (non-hydrogen) atoms. The van der Waals surface area contributed by atoms with Crippen molar-refractivity contribution < 1.29 is 4.79 Å². The van der Waals surface area contributed by atoms with Gasteiger partial charge >= 0.3 is 0 Å². The van der Waals surface area contributed by atoms with Crippen LogP contribution in [0.4, 0.5) is 0 Å². The van der Waals surface area contributed by atoms with E-state index >= 15 is 0 Å². The molecule has 0 aromatic carbocycles. The zero-order valence-corrected chi connectivity index (χ0v) is 12.7. The van der Waals surface area contributed by atoms with Crippen molar-refractivity contribution in [3.05, 3.63) is 30.1 Å². The number of hydrogen-bond acceptors (Lipinski definition) is 3. The zero-order valence-electron chi connectivity index (χ0n) is 12.7. The van der Waals surface area contributed by atoms with Crippen molar-refractivity contribution in [1.29, 1.82) is 0 Å². The Morgan fingerprint density at radius 1 is 1.38 bits per heavy atom. The van der Waals surface area contributed by atoms with E-state index in [9.17, 15) is 4.79 Å². The third-order valence-corrected chi connectivity index (χ3v) is 5.26. The van der Waals surface area contributed by atoms with Crippen LogP contribution in [0.5, 0.6) is 0 Å². The van der Waals surface area contributed by atoms with Gasteiger partial charge in [0.15, 0.2) is 0 Å². The summed E-state index contributed by atoms with van der Waals surface area (Å²) < 4.78 is 0. The van der Waals surface area contributed by atoms with Gasteiger partial charge in [-0.3, -0.25) is 9.78 Å². The molecule has 2 saturated carbocycles. The van der Waals surface area contributed by atoms with Crippen molar-refractivity contribution in [2.45, 2.75) is 57.0 Å². The maximum absolute atomic E-state index is 12.6. The maximum Gasteiger partial charge on any atom is 0.227 e. The van der Waals surface area contributed by atoms with Crippen molar-refractivity contribution in [2.24, 2.45) is 17.6 Å². The summed E-state index contributed by atoms with van der Waals surface area (Å²) in [6.07, 6.45) is 9.33. The Morgan fingerprint density at radius 2 is 2.10 bits per heavy atom. The van der Waals surface area contributed by atoms with Crippen molar-refractivity contribution in [3.63, 3.8) is 0 Å². The van der Waals surface area contributed by atoms with Gasteiger partial charge in [-0.1, -0.05) is 12.5 Å². The summed E-state index contributed by atoms with van der Waals surface area (Å²) >= 11 is 0. The summed E-state index contributed by atoms with van der Waals surface area (Å²) in [6, 6.07) is 4.50. The van der Waals surface area contributed by atoms with E-state index in [1.165, 1.54) is 19.3 Å². The lowest BCUT2D eigenvalue weighted by Crippen LogP contribution is -2.54. The minimum Gasteiger partial charge on any atom is -0.352 e. The Balaban J connectivity index is 1.67. The van der Waals surface area contributed by atoms with Crippen LogP contribution in [0, 0.1) is 11.8 Å². The first-order valence-corrected chi connectivity index (χ1v) is 8.11. The van der Waals surface area contributed by atoms with Gasteiger partial charge in [0, 0.05) is 24.5 Å². The highest BCUT2D eigenvalue weighted by molar-refractivity contribution is 5.83. The summed E-state index contributed by atoms with van der Waals surface area (Å²) in [5, 5.41) is 3.32. The van der Waals surface area contributed by atoms with Crippen LogP contribution in [-0.2, 0) is 4.79 Å². The Hall–Kier alpha value is -1.42. The van der Waals surface area contributed by atoms with Crippen LogP contribution in [-0.4, -0.2) is 23.0 Å². The SMILES string of the molecule is CC(C(=O)NC1C2CCCC1CC(N)C2)c1cccnc1. The second kappa shape index (κ2) is 6.14. The van der Waals surface area contributed by atoms with E-state index in [4.69, 9.17) is 5.73 Å². The Labute approximate surface area is 126 Å². The molecule has 3 atom stereocenters. The Bertz CT molecular complexity index is 476. The predicted molar refractivity (Wildman–Crippen MR) is 82.6 cm³/mol. The lowest BCUT2D eigenvalue weighted by atomic mass is 9.67. The van der Waals surface area contributed by atoms with Gasteiger partial charge < -0.3 is 11.1 Å². The minimum absolute atomic E-state index is 0.125. The lowest BCUT2D eigenvalue weighted by Gasteiger charge is -2.45. The topological polar surface area (TPSA) is 68.0 Å². The quantitative estimate of drug-likeness (QED) is 0.895. The molecule has 0 spiro atoms. The van der Waals surface area contributed by atoms with Crippen LogP contribution in [0.3, 0.4) is 0 Å². The van der Waals surface area contributed by atoms with Crippen molar-refractivity contribution in [3.8, 4) is 0 Å². The van der Waals surface area contributed by atoms with E-state index in [2.05, 4.69) is 10.3 Å². The van der Waals surface area contributed by atoms with Gasteiger partial charge in [-0.15, -0.1) is 0 Å². The molecule has 3 N–H and O–H groups in total. The molecule has 1 aromatic heterocycles. The molecule has 4 nitrogen and oxygen atoms in total. The van der Waals surface area contributed by atoms with Crippen LogP contribution in [0.1, 0.15) is 50.5 Å². The van der Waals surface area contributed by atoms with E-state index in [0.29, 0.717) is 23.9 Å². The number of carbonyl (C=O) groups excluding carboxylic acids is 1. The molecule has 2 fully saturated rings. The van der Waals surface area contributed by atoms with Crippen LogP contribution in [0.25, 0.3) is 0 Å². The first-order valence-electron chi connectivity index (χ1n) is 8.11. The number of nitrogens with two attached hydrogens (primary N) is 1. The standard InChI is InChI=1S/C17H25N3O/c1-11(14-6-3-7-19-10-14)17(21)20-16-12-4-2-5-13(16)9-15(18)8-12/h3,6-7,10-13,15-16H,2,4-5,8-9,18H2,1H3,(H,20,21). The first kappa shape index (κ1) is 14.5. The number of hydrogen-bond donors (Lipinski definition) is 2. The molecule has 3 rings (SSSR count). The summed E-state index contributed by atoms with van der Waals surface area (Å²) in [7, 11) is 0. The molecule has 2 bridgehead atoms. The number of nitrogens with zero attached hydrogens (tertiary/aromatic N) is 1. The molecule has 2 aliphatic rings. The van der Waals surface area contributed by atoms with E-state index < -0.39 is 0 Å². The fourth-order valence-electron chi connectivity index (χ4n) is 4.10. The second-order valence-electron chi connectivity index (χ2n) is 6.72. The van der Waals surface area contributed by atoms with Gasteiger partial charge in [-0.05, 0) is 56.1 Å². The highest BCUT2D eigenvalue weighted by Crippen LogP contribution is 2.39. The number of carbonyl (C=O) groups is 1. The Morgan fingerprint density at radius 3 is 2.71 bits per heavy atom. The molecule has 0 radical (unpaired) electrons. The van der Waals surface area contributed by atoms with Crippen molar-refractivity contribution in [2.75, 3.05) is 0 Å². The molecular formula is C17H25N3O. The summed E-state index contributed by atoms with van der Waals surface area (Å²) in [4.78, 5) is 16.7. The fourth-order valence-corrected chi connectivity index (χ4v) is 4.10. The smallest absolute Gasteiger partial charge is 0.227 e.